The summed E-state index contributed by atoms with van der Waals surface area (Å²) >= 11 is 0.745. The Bertz CT molecular complexity index is 1860. The molecule has 1 aliphatic rings. The molecule has 2 amide bonds. The van der Waals surface area contributed by atoms with Gasteiger partial charge in [0.25, 0.3) is 0 Å². The summed E-state index contributed by atoms with van der Waals surface area (Å²) in [4.78, 5) is 98.1. The molecule has 7 atom stereocenters. The summed E-state index contributed by atoms with van der Waals surface area (Å²) in [7, 11) is -16.4. The van der Waals surface area contributed by atoms with Gasteiger partial charge in [0.1, 0.15) is 48.5 Å². The van der Waals surface area contributed by atoms with Crippen molar-refractivity contribution in [2.45, 2.75) is 70.7 Å². The number of nitrogens with zero attached hydrogens (tertiary/aromatic N) is 4. The average molecular weight is 882 g/mol. The number of rotatable bonds is 23. The second-order valence-electron chi connectivity index (χ2n) is 12.4. The van der Waals surface area contributed by atoms with Gasteiger partial charge in [-0.05, 0) is 0 Å². The number of phosphoric ester groups is 3. The molecular formula is C26H42N7O19P3S. The van der Waals surface area contributed by atoms with E-state index in [4.69, 9.17) is 23.7 Å². The van der Waals surface area contributed by atoms with E-state index in [1.165, 1.54) is 13.8 Å². The van der Waals surface area contributed by atoms with Crippen LogP contribution in [0.15, 0.2) is 12.7 Å². The van der Waals surface area contributed by atoms with Gasteiger partial charge in [0.05, 0.1) is 31.6 Å². The molecule has 3 rings (SSSR count). The molecule has 56 heavy (non-hydrogen) atoms. The Morgan fingerprint density at radius 3 is 2.39 bits per heavy atom. The number of amides is 2. The summed E-state index contributed by atoms with van der Waals surface area (Å²) in [6.45, 7) is 1.86. The second kappa shape index (κ2) is 20.1. The summed E-state index contributed by atoms with van der Waals surface area (Å²) in [5.41, 5.74) is 4.21. The number of nitrogen functional groups attached to an aromatic ring is 1. The van der Waals surface area contributed by atoms with Crippen molar-refractivity contribution in [2.75, 3.05) is 37.8 Å². The molecule has 1 fully saturated rings. The molecule has 26 nitrogen and oxygen atoms in total. The molecule has 0 aromatic carbocycles. The van der Waals surface area contributed by atoms with Gasteiger partial charge in [0.2, 0.25) is 11.8 Å². The first-order valence-corrected chi connectivity index (χ1v) is 21.6. The van der Waals surface area contributed by atoms with Crippen molar-refractivity contribution in [3.05, 3.63) is 12.7 Å². The lowest BCUT2D eigenvalue weighted by atomic mass is 9.87. The predicted molar refractivity (Wildman–Crippen MR) is 188 cm³/mol. The lowest BCUT2D eigenvalue weighted by molar-refractivity contribution is -0.138. The SMILES string of the molecule is CCC(=O)CC(=O)OSCCNC(=O)CCNC(=O)C(O)C(C)(C)COP(=O)(O)OP(=O)(O)OC[C@H]1O[C@@H](n2cnc3c(N)ncnc32)[C@H](O)[C@@H]1OP(=O)(O)O. The van der Waals surface area contributed by atoms with Gasteiger partial charge in [-0.3, -0.25) is 37.3 Å². The van der Waals surface area contributed by atoms with E-state index in [0.717, 1.165) is 29.3 Å². The first-order valence-electron chi connectivity index (χ1n) is 16.2. The van der Waals surface area contributed by atoms with E-state index in [2.05, 4.69) is 34.4 Å². The summed E-state index contributed by atoms with van der Waals surface area (Å²) in [6.07, 6.45) is -7.21. The van der Waals surface area contributed by atoms with Crippen LogP contribution in [0.4, 0.5) is 5.82 Å². The van der Waals surface area contributed by atoms with E-state index in [1.54, 1.807) is 6.92 Å². The zero-order valence-electron chi connectivity index (χ0n) is 29.8. The highest BCUT2D eigenvalue weighted by Crippen LogP contribution is 2.61. The normalized spacial score (nSPS) is 21.5. The van der Waals surface area contributed by atoms with Gasteiger partial charge in [-0.2, -0.15) is 4.31 Å². The number of phosphoric acid groups is 3. The number of nitrogens with one attached hydrogen (secondary N) is 2. The van der Waals surface area contributed by atoms with Gasteiger partial charge in [-0.1, -0.05) is 20.8 Å². The lowest BCUT2D eigenvalue weighted by Gasteiger charge is -2.30. The van der Waals surface area contributed by atoms with Crippen molar-refractivity contribution in [1.82, 2.24) is 30.2 Å². The summed E-state index contributed by atoms with van der Waals surface area (Å²) in [5.74, 6) is -2.37. The number of aliphatic hydroxyl groups is 2. The van der Waals surface area contributed by atoms with Crippen LogP contribution in [0.25, 0.3) is 11.2 Å². The fraction of sp³-hybridized carbons (Fsp3) is 0.654. The molecule has 0 radical (unpaired) electrons. The number of Topliss-reactive ketones (excluding diaryl/α,β-unsaturated/α-hetero) is 1. The fourth-order valence-electron chi connectivity index (χ4n) is 4.59. The Morgan fingerprint density at radius 1 is 1.05 bits per heavy atom. The van der Waals surface area contributed by atoms with E-state index in [0.29, 0.717) is 0 Å². The number of ketones is 1. The summed E-state index contributed by atoms with van der Waals surface area (Å²) in [6, 6.07) is 0. The van der Waals surface area contributed by atoms with Gasteiger partial charge in [-0.25, -0.2) is 28.6 Å². The highest BCUT2D eigenvalue weighted by Gasteiger charge is 2.50. The van der Waals surface area contributed by atoms with Gasteiger partial charge in [-0.15, -0.1) is 0 Å². The quantitative estimate of drug-likeness (QED) is 0.0279. The molecule has 30 heteroatoms. The van der Waals surface area contributed by atoms with Crippen molar-refractivity contribution in [2.24, 2.45) is 5.41 Å². The topological polar surface area (TPSA) is 390 Å². The minimum atomic E-state index is -5.58. The first kappa shape index (κ1) is 47.4. The number of ether oxygens (including phenoxy) is 1. The maximum atomic E-state index is 12.7. The molecule has 0 saturated carbocycles. The molecule has 2 aromatic rings. The van der Waals surface area contributed by atoms with E-state index < -0.39 is 90.5 Å². The third-order valence-corrected chi connectivity index (χ3v) is 11.2. The molecule has 2 aromatic heterocycles. The molecule has 3 unspecified atom stereocenters. The lowest BCUT2D eigenvalue weighted by Crippen LogP contribution is -2.46. The van der Waals surface area contributed by atoms with E-state index in [1.807, 2.05) is 0 Å². The minimum Gasteiger partial charge on any atom is -0.391 e. The predicted octanol–water partition coefficient (Wildman–Crippen LogP) is -1.03. The number of fused-ring (bicyclic) bond motifs is 1. The van der Waals surface area contributed by atoms with E-state index in [-0.39, 0.29) is 60.9 Å². The van der Waals surface area contributed by atoms with Crippen LogP contribution in [-0.2, 0) is 59.7 Å². The summed E-state index contributed by atoms with van der Waals surface area (Å²) < 4.78 is 66.8. The van der Waals surface area contributed by atoms with Crippen LogP contribution < -0.4 is 16.4 Å². The molecule has 0 bridgehead atoms. The average Bonchev–Trinajstić information content (AvgIpc) is 3.65. The maximum absolute atomic E-state index is 12.7. The summed E-state index contributed by atoms with van der Waals surface area (Å²) in [5, 5.41) is 26.2. The zero-order valence-corrected chi connectivity index (χ0v) is 33.3. The minimum absolute atomic E-state index is 0.0222. The zero-order chi connectivity index (χ0) is 42.1. The first-order chi connectivity index (χ1) is 25.9. The van der Waals surface area contributed by atoms with Crippen molar-refractivity contribution in [3.63, 3.8) is 0 Å². The van der Waals surface area contributed by atoms with Crippen molar-refractivity contribution < 1.29 is 89.5 Å². The van der Waals surface area contributed by atoms with Crippen LogP contribution in [0.1, 0.15) is 46.3 Å². The third kappa shape index (κ3) is 14.4. The number of hydrogen-bond acceptors (Lipinski definition) is 20. The maximum Gasteiger partial charge on any atom is 0.481 e. The van der Waals surface area contributed by atoms with Crippen LogP contribution in [0, 0.1) is 5.41 Å². The molecule has 1 aliphatic heterocycles. The van der Waals surface area contributed by atoms with Gasteiger partial charge < -0.3 is 55.1 Å². The molecular weight excluding hydrogens is 839 g/mol. The molecule has 0 spiro atoms. The van der Waals surface area contributed by atoms with Gasteiger partial charge in [0, 0.05) is 37.1 Å². The number of imidazole rings is 1. The molecule has 316 valence electrons. The number of aromatic nitrogens is 4. The number of aliphatic hydroxyl groups excluding tert-OH is 2. The molecule has 3 heterocycles. The van der Waals surface area contributed by atoms with Crippen molar-refractivity contribution >= 4 is 76.1 Å². The Kier molecular flexibility index (Phi) is 17.0. The monoisotopic (exact) mass is 881 g/mol. The fourth-order valence-corrected chi connectivity index (χ4v) is 7.88. The number of nitrogens with two attached hydrogens (primary N) is 1. The van der Waals surface area contributed by atoms with Crippen LogP contribution in [0.5, 0.6) is 0 Å². The van der Waals surface area contributed by atoms with Gasteiger partial charge in [0.15, 0.2) is 17.7 Å². The Morgan fingerprint density at radius 2 is 1.73 bits per heavy atom. The Hall–Kier alpha value is -2.97. The smallest absolute Gasteiger partial charge is 0.391 e. The highest BCUT2D eigenvalue weighted by molar-refractivity contribution is 7.95. The standard InChI is InChI=1S/C26H42N7O19P3S/c1-4-14(34)9-17(36)51-56-8-7-28-16(35)5-6-29-24(39)21(38)26(2,3)11-48-55(45,46)52-54(43,44)47-10-15-20(50-53(40,41)42)19(37)25(49-15)33-13-32-18-22(27)30-12-31-23(18)33/h12-13,15,19-21,25,37-38H,4-11H2,1-3H3,(H,28,35)(H,29,39)(H,43,44)(H,45,46)(H2,27,30,31)(H2,40,41,42)/t15-,19-,20-,21?,25-/m1/s1. The number of carbonyl (C=O) groups excluding carboxylic acids is 4. The Labute approximate surface area is 321 Å². The third-order valence-electron chi connectivity index (χ3n) is 7.47. The van der Waals surface area contributed by atoms with E-state index in [9.17, 15) is 62.7 Å². The van der Waals surface area contributed by atoms with Crippen LogP contribution >= 0.6 is 35.5 Å². The molecule has 0 aliphatic carbocycles. The number of carbonyl (C=O) groups is 4. The van der Waals surface area contributed by atoms with Crippen molar-refractivity contribution in [1.29, 1.82) is 0 Å². The Balaban J connectivity index is 1.47. The van der Waals surface area contributed by atoms with Crippen LogP contribution in [0.3, 0.4) is 0 Å². The largest absolute Gasteiger partial charge is 0.481 e. The van der Waals surface area contributed by atoms with Crippen LogP contribution in [0.2, 0.25) is 0 Å². The second-order valence-corrected chi connectivity index (χ2v) is 17.5. The number of hydrogen-bond donors (Lipinski definition) is 9. The molecule has 10 N–H and O–H groups in total. The molecule has 1 saturated heterocycles. The van der Waals surface area contributed by atoms with Crippen molar-refractivity contribution in [3.8, 4) is 0 Å². The van der Waals surface area contributed by atoms with E-state index >= 15 is 0 Å². The highest BCUT2D eigenvalue weighted by atomic mass is 32.2. The number of anilines is 1. The van der Waals surface area contributed by atoms with Crippen LogP contribution in [-0.4, -0.2) is 129 Å². The van der Waals surface area contributed by atoms with Gasteiger partial charge >= 0.3 is 29.4 Å².